The highest BCUT2D eigenvalue weighted by molar-refractivity contribution is 7.99. The monoisotopic (exact) mass is 466 g/mol. The Hall–Kier alpha value is -4.17. The summed E-state index contributed by atoms with van der Waals surface area (Å²) in [5.74, 6) is -0.215. The molecular formula is C26H22N6OS. The number of carbonyl (C=O) groups is 1. The molecule has 0 aliphatic carbocycles. The number of nitrogens with one attached hydrogen (secondary N) is 1. The number of rotatable bonds is 6. The summed E-state index contributed by atoms with van der Waals surface area (Å²) in [6.45, 7) is 2.03. The van der Waals surface area contributed by atoms with Gasteiger partial charge in [-0.05, 0) is 61.2 Å². The minimum absolute atomic E-state index is 0.215. The Morgan fingerprint density at radius 2 is 1.76 bits per heavy atom. The van der Waals surface area contributed by atoms with E-state index in [2.05, 4.69) is 15.5 Å². The largest absolute Gasteiger partial charge is 0.322 e. The second kappa shape index (κ2) is 9.36. The van der Waals surface area contributed by atoms with Gasteiger partial charge in [0.2, 0.25) is 0 Å². The maximum absolute atomic E-state index is 13.3. The van der Waals surface area contributed by atoms with Crippen LogP contribution in [0.3, 0.4) is 0 Å². The van der Waals surface area contributed by atoms with E-state index in [1.165, 1.54) is 11.8 Å². The molecule has 0 unspecified atom stereocenters. The van der Waals surface area contributed by atoms with Crippen LogP contribution in [0, 0.1) is 6.92 Å². The van der Waals surface area contributed by atoms with Crippen molar-refractivity contribution in [2.45, 2.75) is 17.0 Å². The van der Waals surface area contributed by atoms with E-state index in [0.29, 0.717) is 16.9 Å². The van der Waals surface area contributed by atoms with E-state index < -0.39 is 0 Å². The highest BCUT2D eigenvalue weighted by Gasteiger charge is 2.19. The summed E-state index contributed by atoms with van der Waals surface area (Å²) in [5, 5.41) is 16.6. The number of hydrogen-bond donors (Lipinski definition) is 1. The Labute approximate surface area is 201 Å². The van der Waals surface area contributed by atoms with Gasteiger partial charge in [0, 0.05) is 29.4 Å². The molecule has 1 N–H and O–H groups in total. The first-order chi connectivity index (χ1) is 16.6. The van der Waals surface area contributed by atoms with Crippen molar-refractivity contribution in [3.05, 3.63) is 103 Å². The van der Waals surface area contributed by atoms with Crippen LogP contribution in [0.15, 0.2) is 101 Å². The summed E-state index contributed by atoms with van der Waals surface area (Å²) in [6.07, 6.45) is 3.44. The van der Waals surface area contributed by atoms with Crippen molar-refractivity contribution in [3.8, 4) is 16.9 Å². The van der Waals surface area contributed by atoms with Gasteiger partial charge in [-0.2, -0.15) is 5.10 Å². The molecular weight excluding hydrogens is 444 g/mol. The first-order valence-corrected chi connectivity index (χ1v) is 11.5. The average Bonchev–Trinajstić information content (AvgIpc) is 3.48. The lowest BCUT2D eigenvalue weighted by atomic mass is 10.1. The van der Waals surface area contributed by atoms with Gasteiger partial charge < -0.3 is 9.88 Å². The lowest BCUT2D eigenvalue weighted by Crippen LogP contribution is -2.12. The van der Waals surface area contributed by atoms with Crippen LogP contribution in [0.5, 0.6) is 0 Å². The van der Waals surface area contributed by atoms with E-state index in [-0.39, 0.29) is 5.91 Å². The summed E-state index contributed by atoms with van der Waals surface area (Å²) in [5.41, 5.74) is 4.74. The molecule has 0 fully saturated rings. The number of benzene rings is 3. The summed E-state index contributed by atoms with van der Waals surface area (Å²) in [7, 11) is 1.90. The molecule has 5 aromatic rings. The fourth-order valence-electron chi connectivity index (χ4n) is 3.53. The third-order valence-corrected chi connectivity index (χ3v) is 6.32. The van der Waals surface area contributed by atoms with Gasteiger partial charge in [-0.1, -0.05) is 42.0 Å². The number of para-hydroxylation sites is 1. The molecule has 34 heavy (non-hydrogen) atoms. The molecule has 5 rings (SSSR count). The summed E-state index contributed by atoms with van der Waals surface area (Å²) >= 11 is 1.51. The van der Waals surface area contributed by atoms with Crippen molar-refractivity contribution < 1.29 is 4.79 Å². The fraction of sp³-hybridized carbons (Fsp3) is 0.0769. The van der Waals surface area contributed by atoms with Gasteiger partial charge in [0.15, 0.2) is 5.16 Å². The molecule has 2 heterocycles. The molecule has 2 aromatic heterocycles. The van der Waals surface area contributed by atoms with Gasteiger partial charge in [0.05, 0.1) is 11.3 Å². The molecule has 3 aromatic carbocycles. The second-order valence-corrected chi connectivity index (χ2v) is 8.89. The lowest BCUT2D eigenvalue weighted by molar-refractivity contribution is 0.102. The minimum atomic E-state index is -0.215. The highest BCUT2D eigenvalue weighted by atomic mass is 32.2. The second-order valence-electron chi connectivity index (χ2n) is 7.85. The highest BCUT2D eigenvalue weighted by Crippen LogP contribution is 2.28. The van der Waals surface area contributed by atoms with E-state index in [1.807, 2.05) is 97.4 Å². The van der Waals surface area contributed by atoms with E-state index in [9.17, 15) is 4.79 Å². The van der Waals surface area contributed by atoms with Crippen molar-refractivity contribution in [2.75, 3.05) is 5.32 Å². The first-order valence-electron chi connectivity index (χ1n) is 10.7. The predicted octanol–water partition coefficient (Wildman–Crippen LogP) is 5.38. The van der Waals surface area contributed by atoms with Crippen LogP contribution < -0.4 is 5.32 Å². The molecule has 0 bridgehead atoms. The van der Waals surface area contributed by atoms with Crippen LogP contribution in [0.2, 0.25) is 0 Å². The normalized spacial score (nSPS) is 10.9. The van der Waals surface area contributed by atoms with Gasteiger partial charge in [0.25, 0.3) is 5.91 Å². The third kappa shape index (κ3) is 4.62. The zero-order chi connectivity index (χ0) is 23.5. The van der Waals surface area contributed by atoms with Crippen LogP contribution >= 0.6 is 11.8 Å². The van der Waals surface area contributed by atoms with E-state index >= 15 is 0 Å². The maximum atomic E-state index is 13.3. The number of aryl methyl sites for hydroxylation is 2. The van der Waals surface area contributed by atoms with Crippen LogP contribution in [-0.4, -0.2) is 30.5 Å². The molecule has 0 atom stereocenters. The van der Waals surface area contributed by atoms with E-state index in [1.54, 1.807) is 17.2 Å². The number of carbonyl (C=O) groups excluding carboxylic acids is 1. The van der Waals surface area contributed by atoms with Crippen LogP contribution in [0.25, 0.3) is 16.9 Å². The summed E-state index contributed by atoms with van der Waals surface area (Å²) < 4.78 is 3.60. The van der Waals surface area contributed by atoms with Gasteiger partial charge in [-0.15, -0.1) is 10.2 Å². The zero-order valence-electron chi connectivity index (χ0n) is 18.7. The molecule has 7 nitrogen and oxygen atoms in total. The lowest BCUT2D eigenvalue weighted by Gasteiger charge is -2.07. The van der Waals surface area contributed by atoms with Gasteiger partial charge in [0.1, 0.15) is 12.0 Å². The van der Waals surface area contributed by atoms with E-state index in [4.69, 9.17) is 5.10 Å². The number of hydrogen-bond acceptors (Lipinski definition) is 5. The fourth-order valence-corrected chi connectivity index (χ4v) is 4.30. The molecule has 0 spiro atoms. The summed E-state index contributed by atoms with van der Waals surface area (Å²) in [6, 6.07) is 25.4. The van der Waals surface area contributed by atoms with Gasteiger partial charge in [-0.3, -0.25) is 4.79 Å². The van der Waals surface area contributed by atoms with Crippen molar-refractivity contribution in [3.63, 3.8) is 0 Å². The average molecular weight is 467 g/mol. The predicted molar refractivity (Wildman–Crippen MR) is 133 cm³/mol. The van der Waals surface area contributed by atoms with Crippen molar-refractivity contribution in [1.29, 1.82) is 0 Å². The molecule has 0 saturated carbocycles. The Morgan fingerprint density at radius 1 is 0.971 bits per heavy atom. The molecule has 0 saturated heterocycles. The first kappa shape index (κ1) is 21.7. The van der Waals surface area contributed by atoms with Crippen molar-refractivity contribution in [2.24, 2.45) is 7.05 Å². The number of nitrogens with zero attached hydrogens (tertiary/aromatic N) is 5. The van der Waals surface area contributed by atoms with Crippen LogP contribution in [-0.2, 0) is 7.05 Å². The van der Waals surface area contributed by atoms with Crippen LogP contribution in [0.4, 0.5) is 5.69 Å². The van der Waals surface area contributed by atoms with Crippen molar-refractivity contribution >= 4 is 23.4 Å². The Morgan fingerprint density at radius 3 is 2.47 bits per heavy atom. The maximum Gasteiger partial charge on any atom is 0.259 e. The van der Waals surface area contributed by atoms with Crippen LogP contribution in [0.1, 0.15) is 15.9 Å². The van der Waals surface area contributed by atoms with Gasteiger partial charge in [-0.25, -0.2) is 4.68 Å². The number of anilines is 1. The minimum Gasteiger partial charge on any atom is -0.322 e. The number of aromatic nitrogens is 5. The molecule has 1 amide bonds. The number of amides is 1. The zero-order valence-corrected chi connectivity index (χ0v) is 19.5. The SMILES string of the molecule is Cc1cccc(-c2nn(-c3ccccc3)cc2C(=O)Nc2ccc(Sc3nncn3C)cc2)c1. The standard InChI is InChI=1S/C26H22N6OS/c1-18-7-6-8-19(15-18)24-23(16-32(30-24)21-9-4-3-5-10-21)25(33)28-20-11-13-22(14-12-20)34-26-29-27-17-31(26)2/h3-17H,1-2H3,(H,28,33). The molecule has 168 valence electrons. The Balaban J connectivity index is 1.42. The van der Waals surface area contributed by atoms with E-state index in [0.717, 1.165) is 26.9 Å². The molecule has 0 aliphatic rings. The third-order valence-electron chi connectivity index (χ3n) is 5.26. The molecule has 0 radical (unpaired) electrons. The smallest absolute Gasteiger partial charge is 0.259 e. The molecule has 0 aliphatic heterocycles. The topological polar surface area (TPSA) is 77.6 Å². The Kier molecular flexibility index (Phi) is 5.97. The molecule has 8 heteroatoms. The Bertz CT molecular complexity index is 1440. The van der Waals surface area contributed by atoms with Crippen molar-refractivity contribution in [1.82, 2.24) is 24.5 Å². The van der Waals surface area contributed by atoms with Gasteiger partial charge >= 0.3 is 0 Å². The summed E-state index contributed by atoms with van der Waals surface area (Å²) in [4.78, 5) is 14.3. The quantitative estimate of drug-likeness (QED) is 0.364.